The topological polar surface area (TPSA) is 95.4 Å². The Balaban J connectivity index is 1.67. The van der Waals surface area contributed by atoms with Gasteiger partial charge < -0.3 is 29.3 Å². The summed E-state index contributed by atoms with van der Waals surface area (Å²) in [5, 5.41) is 10.4. The van der Waals surface area contributed by atoms with Crippen molar-refractivity contribution in [3.63, 3.8) is 0 Å². The third-order valence-electron chi connectivity index (χ3n) is 6.89. The van der Waals surface area contributed by atoms with E-state index in [-0.39, 0.29) is 76.3 Å². The van der Waals surface area contributed by atoms with Gasteiger partial charge in [-0.2, -0.15) is 0 Å². The van der Waals surface area contributed by atoms with Crippen LogP contribution < -0.4 is 9.64 Å². The van der Waals surface area contributed by atoms with Gasteiger partial charge in [-0.25, -0.2) is 9.37 Å². The maximum Gasteiger partial charge on any atom is 0.261 e. The number of aromatic nitrogens is 1. The monoisotopic (exact) mass is 530 g/mol. The zero-order chi connectivity index (χ0) is 26.4. The molecule has 0 saturated carbocycles. The highest BCUT2D eigenvalue weighted by Gasteiger charge is 2.41. The third-order valence-corrected chi connectivity index (χ3v) is 7.24. The molecule has 3 aliphatic rings. The molecule has 3 atom stereocenters. The zero-order valence-electron chi connectivity index (χ0n) is 20.6. The van der Waals surface area contributed by atoms with Crippen molar-refractivity contribution >= 4 is 29.2 Å². The van der Waals surface area contributed by atoms with Crippen molar-refractivity contribution in [2.24, 2.45) is 0 Å². The number of piperazine rings is 1. The molecular formula is C26H28ClFN4O5. The minimum atomic E-state index is -0.708. The number of anilines is 1. The van der Waals surface area contributed by atoms with Crippen LogP contribution in [0.4, 0.5) is 10.2 Å². The molecule has 196 valence electrons. The van der Waals surface area contributed by atoms with Crippen LogP contribution in [0.25, 0.3) is 11.3 Å². The number of pyridine rings is 1. The van der Waals surface area contributed by atoms with Crippen LogP contribution in [0.15, 0.2) is 30.9 Å². The predicted molar refractivity (Wildman–Crippen MR) is 136 cm³/mol. The second kappa shape index (κ2) is 9.83. The van der Waals surface area contributed by atoms with E-state index in [1.807, 2.05) is 18.7 Å². The van der Waals surface area contributed by atoms with Crippen LogP contribution in [-0.2, 0) is 9.53 Å². The number of hydrogen-bond donors (Lipinski definition) is 1. The van der Waals surface area contributed by atoms with E-state index in [1.54, 1.807) is 9.80 Å². The van der Waals surface area contributed by atoms with Crippen LogP contribution in [0, 0.1) is 5.82 Å². The van der Waals surface area contributed by atoms with Crippen LogP contribution in [0.1, 0.15) is 24.2 Å². The first kappa shape index (κ1) is 25.3. The van der Waals surface area contributed by atoms with Crippen LogP contribution in [0.5, 0.6) is 11.5 Å². The standard InChI is InChI=1S/C26H28ClFN4O5/c1-4-19(34)30-8-9-32-16(12-30)13-36-24-21(26(32)35)25(31-10-14(2)37-15(3)11-31)29-23(22(24)27)20-17(28)6-5-7-18(20)33/h4-7,14-16,33H,1,8-13H2,2-3H3/t14-,15-,16?/m0/s1. The van der Waals surface area contributed by atoms with E-state index in [0.717, 1.165) is 0 Å². The summed E-state index contributed by atoms with van der Waals surface area (Å²) in [6.45, 7) is 9.27. The van der Waals surface area contributed by atoms with Gasteiger partial charge in [-0.15, -0.1) is 0 Å². The van der Waals surface area contributed by atoms with Gasteiger partial charge in [-0.05, 0) is 32.1 Å². The van der Waals surface area contributed by atoms with E-state index in [1.165, 1.54) is 24.3 Å². The van der Waals surface area contributed by atoms with Gasteiger partial charge in [0.25, 0.3) is 5.91 Å². The summed E-state index contributed by atoms with van der Waals surface area (Å²) < 4.78 is 27.0. The third kappa shape index (κ3) is 4.48. The zero-order valence-corrected chi connectivity index (χ0v) is 21.4. The lowest BCUT2D eigenvalue weighted by Crippen LogP contribution is -2.57. The normalized spacial score (nSPS) is 23.6. The molecule has 37 heavy (non-hydrogen) atoms. The Morgan fingerprint density at radius 3 is 2.62 bits per heavy atom. The quantitative estimate of drug-likeness (QED) is 0.609. The molecule has 2 fully saturated rings. The van der Waals surface area contributed by atoms with Gasteiger partial charge in [0.2, 0.25) is 5.91 Å². The number of phenolic OH excluding ortho intramolecular Hbond substituents is 1. The Hall–Kier alpha value is -3.37. The number of fused-ring (bicyclic) bond motifs is 2. The second-order valence-electron chi connectivity index (χ2n) is 9.55. The van der Waals surface area contributed by atoms with Crippen LogP contribution in [0.2, 0.25) is 5.02 Å². The molecule has 5 rings (SSSR count). The number of ether oxygens (including phenoxy) is 2. The fraction of sp³-hybridized carbons (Fsp3) is 0.423. The summed E-state index contributed by atoms with van der Waals surface area (Å²) in [7, 11) is 0. The van der Waals surface area contributed by atoms with Crippen molar-refractivity contribution in [2.45, 2.75) is 32.1 Å². The number of amides is 2. The average molecular weight is 531 g/mol. The Labute approximate surface area is 219 Å². The number of carbonyl (C=O) groups is 2. The summed E-state index contributed by atoms with van der Waals surface area (Å²) in [4.78, 5) is 36.1. The molecule has 3 aliphatic heterocycles. The minimum Gasteiger partial charge on any atom is -0.507 e. The number of phenols is 1. The molecule has 1 N–H and O–H groups in total. The van der Waals surface area contributed by atoms with E-state index < -0.39 is 11.9 Å². The highest BCUT2D eigenvalue weighted by atomic mass is 35.5. The lowest BCUT2D eigenvalue weighted by atomic mass is 10.0. The van der Waals surface area contributed by atoms with Crippen molar-refractivity contribution < 1.29 is 28.6 Å². The van der Waals surface area contributed by atoms with Crippen LogP contribution in [0.3, 0.4) is 0 Å². The molecule has 0 bridgehead atoms. The number of halogens is 2. The first-order valence-electron chi connectivity index (χ1n) is 12.2. The van der Waals surface area contributed by atoms with Crippen molar-refractivity contribution in [2.75, 3.05) is 44.2 Å². The van der Waals surface area contributed by atoms with Crippen molar-refractivity contribution in [1.29, 1.82) is 0 Å². The Bertz CT molecular complexity index is 1240. The first-order chi connectivity index (χ1) is 17.7. The number of rotatable bonds is 3. The number of hydrogen-bond acceptors (Lipinski definition) is 7. The highest BCUT2D eigenvalue weighted by molar-refractivity contribution is 6.35. The summed E-state index contributed by atoms with van der Waals surface area (Å²) in [6.07, 6.45) is 0.951. The molecule has 9 nitrogen and oxygen atoms in total. The molecule has 0 aliphatic carbocycles. The largest absolute Gasteiger partial charge is 0.507 e. The molecule has 0 radical (unpaired) electrons. The van der Waals surface area contributed by atoms with E-state index in [0.29, 0.717) is 26.2 Å². The van der Waals surface area contributed by atoms with Crippen LogP contribution >= 0.6 is 11.6 Å². The average Bonchev–Trinajstić information content (AvgIpc) is 3.00. The summed E-state index contributed by atoms with van der Waals surface area (Å²) in [5.41, 5.74) is -0.0162. The molecule has 1 aromatic heterocycles. The fourth-order valence-electron chi connectivity index (χ4n) is 5.27. The smallest absolute Gasteiger partial charge is 0.261 e. The Kier molecular flexibility index (Phi) is 6.72. The minimum absolute atomic E-state index is 0.0195. The van der Waals surface area contributed by atoms with Gasteiger partial charge in [0.05, 0.1) is 23.8 Å². The maximum absolute atomic E-state index is 14.9. The molecule has 1 unspecified atom stereocenters. The molecular weight excluding hydrogens is 503 g/mol. The lowest BCUT2D eigenvalue weighted by molar-refractivity contribution is -0.128. The van der Waals surface area contributed by atoms with E-state index >= 15 is 0 Å². The maximum atomic E-state index is 14.9. The second-order valence-corrected chi connectivity index (χ2v) is 9.93. The summed E-state index contributed by atoms with van der Waals surface area (Å²) >= 11 is 6.75. The molecule has 2 aromatic rings. The SMILES string of the molecule is C=CC(=O)N1CCN2C(=O)c3c(N4C[C@H](C)O[C@@H](C)C4)nc(-c4c(O)cccc4F)c(Cl)c3OCC2C1. The van der Waals surface area contributed by atoms with E-state index in [2.05, 4.69) is 11.6 Å². The molecule has 0 spiro atoms. The van der Waals surface area contributed by atoms with E-state index in [4.69, 9.17) is 21.1 Å². The van der Waals surface area contributed by atoms with Gasteiger partial charge in [0.15, 0.2) is 5.75 Å². The lowest BCUT2D eigenvalue weighted by Gasteiger charge is -2.40. The Morgan fingerprint density at radius 2 is 1.95 bits per heavy atom. The molecule has 1 aromatic carbocycles. The van der Waals surface area contributed by atoms with Crippen LogP contribution in [-0.4, -0.2) is 89.3 Å². The van der Waals surface area contributed by atoms with Gasteiger partial charge in [0.1, 0.15) is 40.3 Å². The van der Waals surface area contributed by atoms with E-state index in [9.17, 15) is 19.1 Å². The molecule has 2 amide bonds. The van der Waals surface area contributed by atoms with Gasteiger partial charge >= 0.3 is 0 Å². The molecule has 11 heteroatoms. The highest BCUT2D eigenvalue weighted by Crippen LogP contribution is 2.46. The number of aromatic hydroxyl groups is 1. The van der Waals surface area contributed by atoms with Gasteiger partial charge in [0, 0.05) is 32.7 Å². The number of nitrogens with zero attached hydrogens (tertiary/aromatic N) is 4. The number of carbonyl (C=O) groups excluding carboxylic acids is 2. The van der Waals surface area contributed by atoms with Crippen molar-refractivity contribution in [3.8, 4) is 22.8 Å². The fourth-order valence-corrected chi connectivity index (χ4v) is 5.55. The number of morpholine rings is 1. The van der Waals surface area contributed by atoms with Crippen molar-refractivity contribution in [1.82, 2.24) is 14.8 Å². The number of benzene rings is 1. The predicted octanol–water partition coefficient (Wildman–Crippen LogP) is 3.09. The molecule has 4 heterocycles. The Morgan fingerprint density at radius 1 is 1.22 bits per heavy atom. The van der Waals surface area contributed by atoms with Crippen molar-refractivity contribution in [3.05, 3.63) is 47.3 Å². The van der Waals surface area contributed by atoms with Gasteiger partial charge in [-0.3, -0.25) is 9.59 Å². The first-order valence-corrected chi connectivity index (χ1v) is 12.5. The summed E-state index contributed by atoms with van der Waals surface area (Å²) in [6, 6.07) is 3.51. The molecule has 2 saturated heterocycles. The summed E-state index contributed by atoms with van der Waals surface area (Å²) in [5.74, 6) is -1.22. The van der Waals surface area contributed by atoms with Gasteiger partial charge in [-0.1, -0.05) is 24.2 Å².